The van der Waals surface area contributed by atoms with Gasteiger partial charge in [-0.3, -0.25) is 4.90 Å². The van der Waals surface area contributed by atoms with Crippen LogP contribution in [0.4, 0.5) is 0 Å². The van der Waals surface area contributed by atoms with Gasteiger partial charge in [-0.2, -0.15) is 0 Å². The standard InChI is InChI=1S/C15H28N2O/c16-14-6-4-5-12-9-17(10-13(12)14)11-15(18)7-2-1-3-8-15/h12-14,18H,1-11,16H2. The Bertz CT molecular complexity index is 288. The van der Waals surface area contributed by atoms with E-state index in [2.05, 4.69) is 4.90 Å². The molecule has 1 heterocycles. The minimum atomic E-state index is -0.393. The quantitative estimate of drug-likeness (QED) is 0.787. The Morgan fingerprint density at radius 3 is 2.56 bits per heavy atom. The third kappa shape index (κ3) is 2.59. The number of hydrogen-bond acceptors (Lipinski definition) is 3. The number of likely N-dealkylation sites (tertiary alicyclic amines) is 1. The molecule has 1 saturated heterocycles. The lowest BCUT2D eigenvalue weighted by Crippen LogP contribution is -2.44. The lowest BCUT2D eigenvalue weighted by Gasteiger charge is -2.35. The highest BCUT2D eigenvalue weighted by molar-refractivity contribution is 4.96. The van der Waals surface area contributed by atoms with Crippen molar-refractivity contribution in [3.63, 3.8) is 0 Å². The van der Waals surface area contributed by atoms with E-state index in [1.807, 2.05) is 0 Å². The summed E-state index contributed by atoms with van der Waals surface area (Å²) in [5.41, 5.74) is 5.87. The summed E-state index contributed by atoms with van der Waals surface area (Å²) in [6.45, 7) is 3.21. The molecule has 0 spiro atoms. The lowest BCUT2D eigenvalue weighted by molar-refractivity contribution is -0.0225. The number of rotatable bonds is 2. The molecule has 0 aromatic rings. The van der Waals surface area contributed by atoms with E-state index in [1.54, 1.807) is 0 Å². The zero-order valence-corrected chi connectivity index (χ0v) is 11.5. The maximum absolute atomic E-state index is 10.7. The largest absolute Gasteiger partial charge is 0.389 e. The van der Waals surface area contributed by atoms with Crippen LogP contribution in [-0.2, 0) is 0 Å². The van der Waals surface area contributed by atoms with Gasteiger partial charge in [-0.15, -0.1) is 0 Å². The van der Waals surface area contributed by atoms with Crippen molar-refractivity contribution >= 4 is 0 Å². The van der Waals surface area contributed by atoms with E-state index in [-0.39, 0.29) is 0 Å². The summed E-state index contributed by atoms with van der Waals surface area (Å²) in [5.74, 6) is 1.51. The summed E-state index contributed by atoms with van der Waals surface area (Å²) in [4.78, 5) is 2.51. The van der Waals surface area contributed by atoms with E-state index in [9.17, 15) is 5.11 Å². The first-order valence-corrected chi connectivity index (χ1v) is 7.87. The Morgan fingerprint density at radius 1 is 1.06 bits per heavy atom. The predicted molar refractivity (Wildman–Crippen MR) is 73.3 cm³/mol. The van der Waals surface area contributed by atoms with Crippen LogP contribution in [0, 0.1) is 11.8 Å². The minimum absolute atomic E-state index is 0.393. The van der Waals surface area contributed by atoms with E-state index in [4.69, 9.17) is 5.73 Å². The molecule has 0 radical (unpaired) electrons. The Labute approximate surface area is 111 Å². The molecule has 0 amide bonds. The van der Waals surface area contributed by atoms with Crippen molar-refractivity contribution in [3.05, 3.63) is 0 Å². The lowest BCUT2D eigenvalue weighted by atomic mass is 9.78. The molecular formula is C15H28N2O. The van der Waals surface area contributed by atoms with Gasteiger partial charge in [0.2, 0.25) is 0 Å². The molecule has 2 aliphatic carbocycles. The van der Waals surface area contributed by atoms with Crippen LogP contribution in [0.25, 0.3) is 0 Å². The van der Waals surface area contributed by atoms with Gasteiger partial charge < -0.3 is 10.8 Å². The second kappa shape index (κ2) is 5.10. The summed E-state index contributed by atoms with van der Waals surface area (Å²) in [7, 11) is 0. The fourth-order valence-electron chi connectivity index (χ4n) is 4.52. The highest BCUT2D eigenvalue weighted by Crippen LogP contribution is 2.37. The summed E-state index contributed by atoms with van der Waals surface area (Å²) < 4.78 is 0. The van der Waals surface area contributed by atoms with Crippen LogP contribution < -0.4 is 5.73 Å². The smallest absolute Gasteiger partial charge is 0.0774 e. The molecule has 2 saturated carbocycles. The maximum atomic E-state index is 10.7. The van der Waals surface area contributed by atoms with Crippen molar-refractivity contribution in [1.82, 2.24) is 4.90 Å². The average Bonchev–Trinajstić information content (AvgIpc) is 2.73. The van der Waals surface area contributed by atoms with E-state index in [0.29, 0.717) is 12.0 Å². The van der Waals surface area contributed by atoms with E-state index in [1.165, 1.54) is 45.1 Å². The van der Waals surface area contributed by atoms with Crippen LogP contribution in [0.5, 0.6) is 0 Å². The molecule has 1 aliphatic heterocycles. The molecule has 0 aromatic heterocycles. The number of hydrogen-bond donors (Lipinski definition) is 2. The third-order valence-corrected chi connectivity index (χ3v) is 5.53. The van der Waals surface area contributed by atoms with Crippen molar-refractivity contribution in [2.24, 2.45) is 17.6 Å². The number of fused-ring (bicyclic) bond motifs is 1. The number of β-amino-alcohol motifs (C(OH)–C–C–N with tert-alkyl or cyclic N) is 1. The second-order valence-electron chi connectivity index (χ2n) is 7.00. The molecule has 3 N–H and O–H groups in total. The van der Waals surface area contributed by atoms with Crippen LogP contribution in [0.2, 0.25) is 0 Å². The molecule has 3 rings (SSSR count). The molecule has 3 unspecified atom stereocenters. The van der Waals surface area contributed by atoms with E-state index >= 15 is 0 Å². The molecule has 3 nitrogen and oxygen atoms in total. The van der Waals surface area contributed by atoms with Gasteiger partial charge in [0.1, 0.15) is 0 Å². The van der Waals surface area contributed by atoms with Gasteiger partial charge in [0.25, 0.3) is 0 Å². The Kier molecular flexibility index (Phi) is 3.65. The van der Waals surface area contributed by atoms with Crippen LogP contribution >= 0.6 is 0 Å². The van der Waals surface area contributed by atoms with Crippen molar-refractivity contribution in [3.8, 4) is 0 Å². The van der Waals surface area contributed by atoms with Gasteiger partial charge in [-0.05, 0) is 37.5 Å². The molecule has 18 heavy (non-hydrogen) atoms. The monoisotopic (exact) mass is 252 g/mol. The van der Waals surface area contributed by atoms with Gasteiger partial charge in [0.15, 0.2) is 0 Å². The topological polar surface area (TPSA) is 49.5 Å². The summed E-state index contributed by atoms with van der Waals surface area (Å²) >= 11 is 0. The van der Waals surface area contributed by atoms with Crippen LogP contribution in [-0.4, -0.2) is 41.3 Å². The maximum Gasteiger partial charge on any atom is 0.0774 e. The molecular weight excluding hydrogens is 224 g/mol. The molecule has 3 fully saturated rings. The minimum Gasteiger partial charge on any atom is -0.389 e. The van der Waals surface area contributed by atoms with Gasteiger partial charge in [-0.1, -0.05) is 25.7 Å². The molecule has 3 heteroatoms. The molecule has 104 valence electrons. The molecule has 0 bridgehead atoms. The predicted octanol–water partition coefficient (Wildman–Crippen LogP) is 1.74. The fraction of sp³-hybridized carbons (Fsp3) is 1.00. The average molecular weight is 252 g/mol. The highest BCUT2D eigenvalue weighted by atomic mass is 16.3. The van der Waals surface area contributed by atoms with Gasteiger partial charge in [-0.25, -0.2) is 0 Å². The Hall–Kier alpha value is -0.120. The summed E-state index contributed by atoms with van der Waals surface area (Å²) in [6.07, 6.45) is 9.59. The molecule has 3 atom stereocenters. The van der Waals surface area contributed by atoms with Crippen LogP contribution in [0.1, 0.15) is 51.4 Å². The first-order chi connectivity index (χ1) is 8.66. The van der Waals surface area contributed by atoms with Crippen molar-refractivity contribution in [2.75, 3.05) is 19.6 Å². The van der Waals surface area contributed by atoms with Crippen LogP contribution in [0.15, 0.2) is 0 Å². The van der Waals surface area contributed by atoms with Gasteiger partial charge in [0, 0.05) is 25.7 Å². The zero-order chi connectivity index (χ0) is 12.6. The third-order valence-electron chi connectivity index (χ3n) is 5.53. The summed E-state index contributed by atoms with van der Waals surface area (Å²) in [6, 6.07) is 0.412. The summed E-state index contributed by atoms with van der Waals surface area (Å²) in [5, 5.41) is 10.7. The van der Waals surface area contributed by atoms with E-state index < -0.39 is 5.60 Å². The normalized spacial score (nSPS) is 40.7. The van der Waals surface area contributed by atoms with Crippen molar-refractivity contribution in [1.29, 1.82) is 0 Å². The molecule has 3 aliphatic rings. The highest BCUT2D eigenvalue weighted by Gasteiger charge is 2.41. The Balaban J connectivity index is 1.58. The van der Waals surface area contributed by atoms with Gasteiger partial charge >= 0.3 is 0 Å². The van der Waals surface area contributed by atoms with Gasteiger partial charge in [0.05, 0.1) is 5.60 Å². The first-order valence-electron chi connectivity index (χ1n) is 7.87. The molecule has 0 aromatic carbocycles. The van der Waals surface area contributed by atoms with Crippen molar-refractivity contribution in [2.45, 2.75) is 63.0 Å². The van der Waals surface area contributed by atoms with Crippen LogP contribution in [0.3, 0.4) is 0 Å². The zero-order valence-electron chi connectivity index (χ0n) is 11.5. The van der Waals surface area contributed by atoms with E-state index in [0.717, 1.165) is 31.8 Å². The van der Waals surface area contributed by atoms with Crippen molar-refractivity contribution < 1.29 is 5.11 Å². The number of nitrogens with zero attached hydrogens (tertiary/aromatic N) is 1. The number of aliphatic hydroxyl groups is 1. The SMILES string of the molecule is NC1CCCC2CN(CC3(O)CCCCC3)CC12. The second-order valence-corrected chi connectivity index (χ2v) is 7.00. The fourth-order valence-corrected chi connectivity index (χ4v) is 4.52. The first kappa shape index (κ1) is 12.9. The number of nitrogens with two attached hydrogens (primary N) is 1. The Morgan fingerprint density at radius 2 is 1.83 bits per heavy atom.